The van der Waals surface area contributed by atoms with Crippen LogP contribution in [0.4, 0.5) is 0 Å². The van der Waals surface area contributed by atoms with Crippen LogP contribution < -0.4 is 0 Å². The highest BCUT2D eigenvalue weighted by Gasteiger charge is 2.25. The van der Waals surface area contributed by atoms with E-state index >= 15 is 0 Å². The lowest BCUT2D eigenvalue weighted by Gasteiger charge is -2.25. The van der Waals surface area contributed by atoms with E-state index in [0.29, 0.717) is 17.4 Å². The minimum absolute atomic E-state index is 0.178. The molecule has 500 valence electrons. The zero-order valence-corrected chi connectivity index (χ0v) is 57.3. The summed E-state index contributed by atoms with van der Waals surface area (Å²) < 4.78 is 23.0. The number of allylic oxidation sites excluding steroid dienone is 6. The van der Waals surface area contributed by atoms with Gasteiger partial charge in [0.1, 0.15) is 13.2 Å². The number of carboxylic acid groups (broad SMARTS) is 1. The van der Waals surface area contributed by atoms with Gasteiger partial charge in [-0.05, 0) is 70.6 Å². The molecule has 0 aromatic carbocycles. The maximum Gasteiger partial charge on any atom is 0.361 e. The molecule has 0 aliphatic heterocycles. The second-order valence-electron chi connectivity index (χ2n) is 26.6. The summed E-state index contributed by atoms with van der Waals surface area (Å²) in [6, 6.07) is 0. The monoisotopic (exact) mass is 1200 g/mol. The van der Waals surface area contributed by atoms with Gasteiger partial charge in [0.15, 0.2) is 6.10 Å². The quantitative estimate of drug-likeness (QED) is 0.0211. The molecule has 9 nitrogen and oxygen atoms in total. The molecule has 0 bridgehead atoms. The lowest BCUT2D eigenvalue weighted by atomic mass is 10.0. The minimum atomic E-state index is -1.51. The van der Waals surface area contributed by atoms with Crippen molar-refractivity contribution in [3.05, 3.63) is 36.5 Å². The minimum Gasteiger partial charge on any atom is -0.477 e. The number of nitrogens with zero attached hydrogens (tertiary/aromatic N) is 1. The summed E-state index contributed by atoms with van der Waals surface area (Å²) in [4.78, 5) is 37.6. The summed E-state index contributed by atoms with van der Waals surface area (Å²) in [5.41, 5.74) is 0. The number of ether oxygens (including phenoxy) is 4. The Morgan fingerprint density at radius 3 is 0.941 bits per heavy atom. The summed E-state index contributed by atoms with van der Waals surface area (Å²) in [6.45, 7) is 4.93. The molecule has 0 rings (SSSR count). The number of quaternary nitrogens is 1. The summed E-state index contributed by atoms with van der Waals surface area (Å²) in [7, 11) is 5.99. The van der Waals surface area contributed by atoms with Crippen molar-refractivity contribution in [2.75, 3.05) is 47.5 Å². The van der Waals surface area contributed by atoms with Crippen molar-refractivity contribution in [3.63, 3.8) is 0 Å². The number of unbranched alkanes of at least 4 members (excludes halogenated alkanes) is 49. The largest absolute Gasteiger partial charge is 0.477 e. The molecule has 1 N–H and O–H groups in total. The second kappa shape index (κ2) is 67.4. The van der Waals surface area contributed by atoms with Crippen molar-refractivity contribution >= 4 is 17.9 Å². The molecule has 9 heteroatoms. The number of rotatable bonds is 70. The molecule has 0 aliphatic rings. The van der Waals surface area contributed by atoms with E-state index < -0.39 is 18.4 Å². The van der Waals surface area contributed by atoms with Gasteiger partial charge in [0.25, 0.3) is 6.29 Å². The number of hydrogen-bond donors (Lipinski definition) is 1. The Morgan fingerprint density at radius 1 is 0.353 bits per heavy atom. The Kier molecular flexibility index (Phi) is 65.5. The van der Waals surface area contributed by atoms with Crippen LogP contribution in [-0.4, -0.2) is 87.4 Å². The third-order valence-electron chi connectivity index (χ3n) is 16.9. The molecule has 0 aromatic heterocycles. The average molecular weight is 1200 g/mol. The molecule has 0 aromatic rings. The van der Waals surface area contributed by atoms with Gasteiger partial charge < -0.3 is 28.5 Å². The van der Waals surface area contributed by atoms with Gasteiger partial charge in [-0.15, -0.1) is 0 Å². The number of carbonyl (C=O) groups is 3. The lowest BCUT2D eigenvalue weighted by molar-refractivity contribution is -0.870. The van der Waals surface area contributed by atoms with E-state index in [1.807, 2.05) is 21.1 Å². The Labute approximate surface area is 528 Å². The van der Waals surface area contributed by atoms with Gasteiger partial charge >= 0.3 is 17.9 Å². The molecule has 2 unspecified atom stereocenters. The van der Waals surface area contributed by atoms with Crippen LogP contribution in [0.5, 0.6) is 0 Å². The van der Waals surface area contributed by atoms with Crippen molar-refractivity contribution < 1.29 is 42.9 Å². The molecule has 0 saturated carbocycles. The van der Waals surface area contributed by atoms with Crippen molar-refractivity contribution in [1.29, 1.82) is 0 Å². The molecule has 0 radical (unpaired) electrons. The molecule has 0 heterocycles. The van der Waals surface area contributed by atoms with Crippen LogP contribution in [-0.2, 0) is 33.3 Å². The van der Waals surface area contributed by atoms with E-state index in [0.717, 1.165) is 44.9 Å². The second-order valence-corrected chi connectivity index (χ2v) is 26.6. The fourth-order valence-corrected chi connectivity index (χ4v) is 11.2. The maximum atomic E-state index is 12.9. The van der Waals surface area contributed by atoms with Crippen LogP contribution in [0.3, 0.4) is 0 Å². The number of carbonyl (C=O) groups excluding carboxylic acids is 2. The number of likely N-dealkylation sites (N-methyl/N-ethyl adjacent to an activating group) is 1. The molecular weight excluding hydrogens is 1050 g/mol. The van der Waals surface area contributed by atoms with E-state index in [-0.39, 0.29) is 38.2 Å². The molecule has 0 amide bonds. The normalized spacial score (nSPS) is 12.8. The lowest BCUT2D eigenvalue weighted by Crippen LogP contribution is -2.40. The topological polar surface area (TPSA) is 108 Å². The van der Waals surface area contributed by atoms with E-state index in [9.17, 15) is 19.5 Å². The highest BCUT2D eigenvalue weighted by atomic mass is 16.7. The van der Waals surface area contributed by atoms with Gasteiger partial charge in [0.05, 0.1) is 34.4 Å². The van der Waals surface area contributed by atoms with E-state index in [1.54, 1.807) is 0 Å². The summed E-state index contributed by atoms with van der Waals surface area (Å²) >= 11 is 0. The predicted molar refractivity (Wildman–Crippen MR) is 364 cm³/mol. The number of carboxylic acids is 1. The first-order valence-electron chi connectivity index (χ1n) is 37.2. The van der Waals surface area contributed by atoms with Crippen LogP contribution in [0, 0.1) is 0 Å². The smallest absolute Gasteiger partial charge is 0.361 e. The molecule has 0 saturated heterocycles. The Hall–Kier alpha value is -2.49. The fraction of sp³-hybridized carbons (Fsp3) is 0.882. The zero-order valence-electron chi connectivity index (χ0n) is 57.3. The van der Waals surface area contributed by atoms with E-state index in [1.165, 1.54) is 302 Å². The molecule has 85 heavy (non-hydrogen) atoms. The van der Waals surface area contributed by atoms with Gasteiger partial charge in [-0.1, -0.05) is 326 Å². The summed E-state index contributed by atoms with van der Waals surface area (Å²) in [5.74, 6) is -1.98. The van der Waals surface area contributed by atoms with E-state index in [2.05, 4.69) is 50.3 Å². The Bertz CT molecular complexity index is 1490. The summed E-state index contributed by atoms with van der Waals surface area (Å²) in [5, 5.41) is 9.75. The fourth-order valence-electron chi connectivity index (χ4n) is 11.2. The Morgan fingerprint density at radius 2 is 0.635 bits per heavy atom. The van der Waals surface area contributed by atoms with E-state index in [4.69, 9.17) is 18.9 Å². The first-order chi connectivity index (χ1) is 41.6. The van der Waals surface area contributed by atoms with Gasteiger partial charge in [0.2, 0.25) is 0 Å². The third kappa shape index (κ3) is 68.9. The molecular formula is C76H144NO8+. The number of hydrogen-bond acceptors (Lipinski definition) is 7. The van der Waals surface area contributed by atoms with Gasteiger partial charge in [-0.3, -0.25) is 9.59 Å². The van der Waals surface area contributed by atoms with Crippen LogP contribution in [0.25, 0.3) is 0 Å². The highest BCUT2D eigenvalue weighted by Crippen LogP contribution is 2.19. The van der Waals surface area contributed by atoms with Crippen LogP contribution >= 0.6 is 0 Å². The van der Waals surface area contributed by atoms with Crippen molar-refractivity contribution in [2.24, 2.45) is 0 Å². The van der Waals surface area contributed by atoms with Crippen LogP contribution in [0.1, 0.15) is 373 Å². The van der Waals surface area contributed by atoms with Gasteiger partial charge in [-0.2, -0.15) is 0 Å². The number of aliphatic carboxylic acids is 1. The predicted octanol–water partition coefficient (Wildman–Crippen LogP) is 23.1. The maximum absolute atomic E-state index is 12.9. The SMILES string of the molecule is CCCCCCC/C=C\C/C=C\CCCCCCCCCCCCCC(=O)OC(COC(=O)CCCCCCCCCCCCCCCCCCCCCCCCCCC/C=C\CCCCCCCCCC)COC(OCC[N+](C)(C)C)C(=O)O. The van der Waals surface area contributed by atoms with Crippen LogP contribution in [0.15, 0.2) is 36.5 Å². The van der Waals surface area contributed by atoms with Crippen molar-refractivity contribution in [2.45, 2.75) is 386 Å². The highest BCUT2D eigenvalue weighted by molar-refractivity contribution is 5.71. The molecule has 0 spiro atoms. The first kappa shape index (κ1) is 82.5. The molecule has 0 fully saturated rings. The van der Waals surface area contributed by atoms with Crippen molar-refractivity contribution in [1.82, 2.24) is 0 Å². The third-order valence-corrected chi connectivity index (χ3v) is 16.9. The van der Waals surface area contributed by atoms with Gasteiger partial charge in [-0.25, -0.2) is 4.79 Å². The summed E-state index contributed by atoms with van der Waals surface area (Å²) in [6.07, 6.45) is 82.8. The van der Waals surface area contributed by atoms with Crippen molar-refractivity contribution in [3.8, 4) is 0 Å². The average Bonchev–Trinajstić information content (AvgIpc) is 3.49. The van der Waals surface area contributed by atoms with Gasteiger partial charge in [0, 0.05) is 12.8 Å². The zero-order chi connectivity index (χ0) is 61.9. The molecule has 0 aliphatic carbocycles. The Balaban J connectivity index is 3.98. The molecule has 2 atom stereocenters. The number of esters is 2. The van der Waals surface area contributed by atoms with Crippen LogP contribution in [0.2, 0.25) is 0 Å². The standard InChI is InChI=1S/C76H143NO8/c1-6-8-10-12-14-16-18-20-22-24-26-28-30-31-32-33-34-35-36-37-38-39-40-41-42-43-45-46-48-50-52-54-56-58-60-62-64-66-73(78)83-70-72(71-84-76(75(80)81)82-69-68-77(3,4)5)85-74(79)67-65-63-61-59-57-55-53-51-49-47-44-29-27-25-23-21-19-17-15-13-11-9-7-2/h19,21,24-27,72,76H,6-18,20,22-23,28-71H2,1-5H3/p+1/b21-19-,26-24-,27-25-. The first-order valence-corrected chi connectivity index (χ1v) is 37.2.